The molecule has 0 atom stereocenters. The first-order chi connectivity index (χ1) is 13.4. The Labute approximate surface area is 178 Å². The summed E-state index contributed by atoms with van der Waals surface area (Å²) in [7, 11) is -3.50. The highest BCUT2D eigenvalue weighted by Gasteiger charge is 2.28. The van der Waals surface area contributed by atoms with E-state index in [4.69, 9.17) is 9.47 Å². The average Bonchev–Trinajstić information content (AvgIpc) is 2.60. The highest BCUT2D eigenvalue weighted by atomic mass is 79.9. The largest absolute Gasteiger partial charge is 0.489 e. The molecule has 3 rings (SSSR count). The fraction of sp³-hybridized carbons (Fsp3) is 0.526. The second-order valence-corrected chi connectivity index (χ2v) is 10.8. The van der Waals surface area contributed by atoms with Gasteiger partial charge in [0.05, 0.1) is 9.99 Å². The van der Waals surface area contributed by atoms with Crippen LogP contribution in [0.2, 0.25) is 0 Å². The Balaban J connectivity index is 1.70. The van der Waals surface area contributed by atoms with E-state index in [9.17, 15) is 13.2 Å². The van der Waals surface area contributed by atoms with E-state index in [1.54, 1.807) is 17.0 Å². The average molecular weight is 486 g/mol. The maximum Gasteiger partial charge on any atom is 0.410 e. The monoisotopic (exact) mass is 485 g/mol. The molecule has 29 heavy (non-hydrogen) atoms. The molecule has 8 nitrogen and oxygen atoms in total. The molecular weight excluding hydrogens is 462 g/mol. The maximum atomic E-state index is 12.2. The van der Waals surface area contributed by atoms with E-state index in [1.807, 2.05) is 20.8 Å². The Hall–Kier alpha value is -1.94. The first kappa shape index (κ1) is 21.8. The van der Waals surface area contributed by atoms with Crippen molar-refractivity contribution in [2.24, 2.45) is 0 Å². The van der Waals surface area contributed by atoms with E-state index in [1.165, 1.54) is 6.20 Å². The van der Waals surface area contributed by atoms with Gasteiger partial charge in [-0.25, -0.2) is 23.2 Å². The van der Waals surface area contributed by atoms with Crippen LogP contribution in [-0.4, -0.2) is 60.4 Å². The van der Waals surface area contributed by atoms with Crippen molar-refractivity contribution in [3.05, 3.63) is 22.8 Å². The Morgan fingerprint density at radius 1 is 1.24 bits per heavy atom. The molecule has 1 aliphatic rings. The van der Waals surface area contributed by atoms with Crippen LogP contribution in [0.5, 0.6) is 5.75 Å². The van der Waals surface area contributed by atoms with Crippen LogP contribution < -0.4 is 4.74 Å². The van der Waals surface area contributed by atoms with Crippen molar-refractivity contribution in [3.63, 3.8) is 0 Å². The van der Waals surface area contributed by atoms with Crippen LogP contribution in [0.25, 0.3) is 10.9 Å². The molecular formula is C19H24BrN3O5S. The molecule has 1 saturated heterocycles. The van der Waals surface area contributed by atoms with Gasteiger partial charge in [-0.2, -0.15) is 0 Å². The number of benzene rings is 1. The summed E-state index contributed by atoms with van der Waals surface area (Å²) in [6, 6.07) is 3.50. The van der Waals surface area contributed by atoms with Crippen LogP contribution in [0.1, 0.15) is 33.6 Å². The summed E-state index contributed by atoms with van der Waals surface area (Å²) in [6.07, 6.45) is 3.51. The molecule has 1 aliphatic heterocycles. The molecule has 1 aromatic heterocycles. The molecule has 0 spiro atoms. The Bertz CT molecular complexity index is 1030. The topological polar surface area (TPSA) is 98.7 Å². The van der Waals surface area contributed by atoms with Crippen molar-refractivity contribution in [1.82, 2.24) is 14.9 Å². The zero-order valence-corrected chi connectivity index (χ0v) is 19.2. The number of fused-ring (bicyclic) bond motifs is 1. The maximum absolute atomic E-state index is 12.2. The van der Waals surface area contributed by atoms with Gasteiger partial charge in [0.1, 0.15) is 17.5 Å². The van der Waals surface area contributed by atoms with Crippen molar-refractivity contribution in [2.45, 2.75) is 50.5 Å². The van der Waals surface area contributed by atoms with E-state index in [0.717, 1.165) is 10.7 Å². The fourth-order valence-electron chi connectivity index (χ4n) is 2.95. The molecule has 2 aromatic rings. The number of hydrogen-bond acceptors (Lipinski definition) is 7. The highest BCUT2D eigenvalue weighted by molar-refractivity contribution is 9.10. The summed E-state index contributed by atoms with van der Waals surface area (Å²) in [5.41, 5.74) is -0.0302. The third kappa shape index (κ3) is 5.57. The van der Waals surface area contributed by atoms with Crippen molar-refractivity contribution in [1.29, 1.82) is 0 Å². The second kappa shape index (κ2) is 8.06. The number of likely N-dealkylation sites (tertiary alicyclic amines) is 1. The van der Waals surface area contributed by atoms with E-state index in [0.29, 0.717) is 42.6 Å². The molecule has 10 heteroatoms. The van der Waals surface area contributed by atoms with Gasteiger partial charge in [-0.1, -0.05) is 0 Å². The lowest BCUT2D eigenvalue weighted by molar-refractivity contribution is 0.0126. The van der Waals surface area contributed by atoms with Crippen LogP contribution in [-0.2, 0) is 14.6 Å². The van der Waals surface area contributed by atoms with Gasteiger partial charge < -0.3 is 14.4 Å². The number of aromatic nitrogens is 2. The molecule has 1 amide bonds. The summed E-state index contributed by atoms with van der Waals surface area (Å²) in [5, 5.41) is 0.486. The quantitative estimate of drug-likeness (QED) is 0.612. The predicted molar refractivity (Wildman–Crippen MR) is 112 cm³/mol. The number of ether oxygens (including phenoxy) is 2. The van der Waals surface area contributed by atoms with Gasteiger partial charge in [0.2, 0.25) is 15.0 Å². The summed E-state index contributed by atoms with van der Waals surface area (Å²) in [6.45, 7) is 6.63. The molecule has 1 fully saturated rings. The molecule has 0 aliphatic carbocycles. The number of piperidine rings is 1. The molecule has 0 radical (unpaired) electrons. The van der Waals surface area contributed by atoms with E-state index in [-0.39, 0.29) is 17.4 Å². The van der Waals surface area contributed by atoms with E-state index >= 15 is 0 Å². The number of amides is 1. The minimum Gasteiger partial charge on any atom is -0.489 e. The summed E-state index contributed by atoms with van der Waals surface area (Å²) >= 11 is 3.49. The van der Waals surface area contributed by atoms with Crippen molar-refractivity contribution >= 4 is 42.8 Å². The summed E-state index contributed by atoms with van der Waals surface area (Å²) < 4.78 is 35.7. The van der Waals surface area contributed by atoms with Gasteiger partial charge in [0.25, 0.3) is 0 Å². The van der Waals surface area contributed by atoms with E-state index < -0.39 is 15.4 Å². The lowest BCUT2D eigenvalue weighted by Crippen LogP contribution is -2.44. The number of halogens is 1. The van der Waals surface area contributed by atoms with Crippen molar-refractivity contribution in [2.75, 3.05) is 19.3 Å². The molecule has 2 heterocycles. The van der Waals surface area contributed by atoms with Crippen LogP contribution in [0, 0.1) is 0 Å². The number of carbonyl (C=O) groups excluding carboxylic acids is 1. The lowest BCUT2D eigenvalue weighted by Gasteiger charge is -2.33. The standard InChI is InChI=1S/C19H24BrN3O5S/c1-19(2,3)28-18(24)23-7-5-13(6-8-23)27-16-10-15-12(9-14(16)20)11-21-17(22-15)29(4,25)26/h9-11,13H,5-8H2,1-4H3. The van der Waals surface area contributed by atoms with Gasteiger partial charge >= 0.3 is 6.09 Å². The van der Waals surface area contributed by atoms with Gasteiger partial charge in [0, 0.05) is 49.8 Å². The zero-order chi connectivity index (χ0) is 21.4. The van der Waals surface area contributed by atoms with Gasteiger partial charge in [-0.15, -0.1) is 0 Å². The van der Waals surface area contributed by atoms with Crippen molar-refractivity contribution in [3.8, 4) is 5.75 Å². The van der Waals surface area contributed by atoms with Gasteiger partial charge in [-0.3, -0.25) is 0 Å². The molecule has 158 valence electrons. The second-order valence-electron chi connectivity index (χ2n) is 8.05. The molecule has 0 N–H and O–H groups in total. The van der Waals surface area contributed by atoms with Crippen molar-refractivity contribution < 1.29 is 22.7 Å². The number of hydrogen-bond donors (Lipinski definition) is 0. The van der Waals surface area contributed by atoms with Gasteiger partial charge in [-0.05, 0) is 42.8 Å². The summed E-state index contributed by atoms with van der Waals surface area (Å²) in [5.74, 6) is 0.575. The molecule has 0 unspecified atom stereocenters. The van der Waals surface area contributed by atoms with Crippen LogP contribution in [0.3, 0.4) is 0 Å². The number of sulfone groups is 1. The molecule has 0 saturated carbocycles. The third-order valence-electron chi connectivity index (χ3n) is 4.33. The third-order valence-corrected chi connectivity index (χ3v) is 5.81. The predicted octanol–water partition coefficient (Wildman–Crippen LogP) is 3.57. The van der Waals surface area contributed by atoms with Crippen LogP contribution >= 0.6 is 15.9 Å². The molecule has 0 bridgehead atoms. The highest BCUT2D eigenvalue weighted by Crippen LogP contribution is 2.32. The number of rotatable bonds is 3. The summed E-state index contributed by atoms with van der Waals surface area (Å²) in [4.78, 5) is 21.9. The Morgan fingerprint density at radius 2 is 1.90 bits per heavy atom. The van der Waals surface area contributed by atoms with Crippen LogP contribution in [0.15, 0.2) is 28.0 Å². The minimum absolute atomic E-state index is 0.0707. The van der Waals surface area contributed by atoms with Crippen LogP contribution in [0.4, 0.5) is 4.79 Å². The first-order valence-corrected chi connectivity index (χ1v) is 11.9. The SMILES string of the molecule is CC(C)(C)OC(=O)N1CCC(Oc2cc3nc(S(C)(=O)=O)ncc3cc2Br)CC1. The molecule has 1 aromatic carbocycles. The minimum atomic E-state index is -3.50. The number of nitrogens with zero attached hydrogens (tertiary/aromatic N) is 3. The lowest BCUT2D eigenvalue weighted by atomic mass is 10.1. The fourth-order valence-corrected chi connectivity index (χ4v) is 3.91. The first-order valence-electron chi connectivity index (χ1n) is 9.23. The zero-order valence-electron chi connectivity index (χ0n) is 16.8. The number of carbonyl (C=O) groups is 1. The Morgan fingerprint density at radius 3 is 2.48 bits per heavy atom. The smallest absolute Gasteiger partial charge is 0.410 e. The Kier molecular flexibility index (Phi) is 6.05. The van der Waals surface area contributed by atoms with Gasteiger partial charge in [0.15, 0.2) is 0 Å². The van der Waals surface area contributed by atoms with E-state index in [2.05, 4.69) is 25.9 Å². The normalized spacial score (nSPS) is 16.1.